The van der Waals surface area contributed by atoms with Gasteiger partial charge < -0.3 is 9.80 Å². The van der Waals surface area contributed by atoms with Crippen molar-refractivity contribution in [2.24, 2.45) is 0 Å². The van der Waals surface area contributed by atoms with Gasteiger partial charge in [-0.25, -0.2) is 4.39 Å². The molecule has 1 heterocycles. The minimum absolute atomic E-state index is 0.148. The first-order valence-electron chi connectivity index (χ1n) is 6.51. The van der Waals surface area contributed by atoms with Gasteiger partial charge in [-0.3, -0.25) is 4.79 Å². The Labute approximate surface area is 121 Å². The fourth-order valence-electron chi connectivity index (χ4n) is 2.27. The Morgan fingerprint density at radius 2 is 2.11 bits per heavy atom. The molecule has 1 aliphatic rings. The van der Waals surface area contributed by atoms with Gasteiger partial charge >= 0.3 is 0 Å². The highest BCUT2D eigenvalue weighted by atomic mass is 79.9. The van der Waals surface area contributed by atoms with Gasteiger partial charge in [0.15, 0.2) is 0 Å². The number of hydrogen-bond donors (Lipinski definition) is 0. The highest BCUT2D eigenvalue weighted by molar-refractivity contribution is 9.10. The molecular weight excluding hydrogens is 311 g/mol. The molecule has 0 aromatic heterocycles. The SMILES string of the molecule is CN(CCN1CCCC1)C(=O)c1cccc(F)c1Br. The van der Waals surface area contributed by atoms with E-state index >= 15 is 0 Å². The second-order valence-corrected chi connectivity index (χ2v) is 5.67. The summed E-state index contributed by atoms with van der Waals surface area (Å²) in [6.07, 6.45) is 2.49. The van der Waals surface area contributed by atoms with Crippen molar-refractivity contribution < 1.29 is 9.18 Å². The van der Waals surface area contributed by atoms with Gasteiger partial charge in [0.1, 0.15) is 5.82 Å². The van der Waals surface area contributed by atoms with Crippen molar-refractivity contribution in [1.29, 1.82) is 0 Å². The summed E-state index contributed by atoms with van der Waals surface area (Å²) in [4.78, 5) is 16.2. The molecule has 0 unspecified atom stereocenters. The summed E-state index contributed by atoms with van der Waals surface area (Å²) in [6.45, 7) is 3.79. The molecule has 1 amide bonds. The molecule has 1 aliphatic heterocycles. The molecule has 0 bridgehead atoms. The summed E-state index contributed by atoms with van der Waals surface area (Å²) in [6, 6.07) is 4.54. The van der Waals surface area contributed by atoms with Crippen LogP contribution in [0.15, 0.2) is 22.7 Å². The predicted molar refractivity (Wildman–Crippen MR) is 76.7 cm³/mol. The van der Waals surface area contributed by atoms with Gasteiger partial charge in [0.2, 0.25) is 0 Å². The summed E-state index contributed by atoms with van der Waals surface area (Å²) < 4.78 is 13.7. The zero-order valence-corrected chi connectivity index (χ0v) is 12.6. The minimum atomic E-state index is -0.404. The Morgan fingerprint density at radius 3 is 2.79 bits per heavy atom. The quantitative estimate of drug-likeness (QED) is 0.848. The molecule has 1 aromatic rings. The first-order valence-corrected chi connectivity index (χ1v) is 7.30. The highest BCUT2D eigenvalue weighted by Crippen LogP contribution is 2.21. The Kier molecular flexibility index (Phi) is 4.93. The lowest BCUT2D eigenvalue weighted by Crippen LogP contribution is -2.35. The Morgan fingerprint density at radius 1 is 1.42 bits per heavy atom. The average molecular weight is 329 g/mol. The molecular formula is C14H18BrFN2O. The Hall–Kier alpha value is -0.940. The van der Waals surface area contributed by atoms with Crippen LogP contribution in [0, 0.1) is 5.82 Å². The number of hydrogen-bond acceptors (Lipinski definition) is 2. The van der Waals surface area contributed by atoms with E-state index in [2.05, 4.69) is 20.8 Å². The lowest BCUT2D eigenvalue weighted by Gasteiger charge is -2.22. The van der Waals surface area contributed by atoms with Gasteiger partial charge in [-0.2, -0.15) is 0 Å². The third kappa shape index (κ3) is 3.54. The number of likely N-dealkylation sites (tertiary alicyclic amines) is 1. The van der Waals surface area contributed by atoms with E-state index in [0.717, 1.165) is 19.6 Å². The summed E-state index contributed by atoms with van der Waals surface area (Å²) >= 11 is 3.13. The maximum atomic E-state index is 13.4. The maximum Gasteiger partial charge on any atom is 0.254 e. The van der Waals surface area contributed by atoms with Gasteiger partial charge in [0, 0.05) is 20.1 Å². The van der Waals surface area contributed by atoms with Crippen LogP contribution in [0.25, 0.3) is 0 Å². The first-order chi connectivity index (χ1) is 9.09. The standard InChI is InChI=1S/C14H18BrFN2O/c1-17(9-10-18-7-2-3-8-18)14(19)11-5-4-6-12(16)13(11)15/h4-6H,2-3,7-10H2,1H3. The van der Waals surface area contributed by atoms with Crippen molar-refractivity contribution in [3.8, 4) is 0 Å². The zero-order valence-electron chi connectivity index (χ0n) is 11.0. The van der Waals surface area contributed by atoms with Gasteiger partial charge in [-0.1, -0.05) is 6.07 Å². The van der Waals surface area contributed by atoms with E-state index in [1.165, 1.54) is 18.9 Å². The molecule has 0 saturated carbocycles. The van der Waals surface area contributed by atoms with E-state index in [-0.39, 0.29) is 10.4 Å². The molecule has 1 fully saturated rings. The van der Waals surface area contributed by atoms with Gasteiger partial charge in [-0.15, -0.1) is 0 Å². The number of carbonyl (C=O) groups is 1. The molecule has 0 radical (unpaired) electrons. The largest absolute Gasteiger partial charge is 0.340 e. The molecule has 1 aromatic carbocycles. The predicted octanol–water partition coefficient (Wildman–Crippen LogP) is 2.76. The van der Waals surface area contributed by atoms with E-state index in [4.69, 9.17) is 0 Å². The zero-order chi connectivity index (χ0) is 13.8. The monoisotopic (exact) mass is 328 g/mol. The summed E-state index contributed by atoms with van der Waals surface area (Å²) in [5, 5.41) is 0. The van der Waals surface area contributed by atoms with Crippen molar-refractivity contribution in [3.63, 3.8) is 0 Å². The Bertz CT molecular complexity index is 461. The number of carbonyl (C=O) groups excluding carboxylic acids is 1. The maximum absolute atomic E-state index is 13.4. The molecule has 5 heteroatoms. The van der Waals surface area contributed by atoms with E-state index in [1.807, 2.05) is 0 Å². The smallest absolute Gasteiger partial charge is 0.254 e. The molecule has 0 atom stereocenters. The summed E-state index contributed by atoms with van der Waals surface area (Å²) in [5.41, 5.74) is 0.379. The van der Waals surface area contributed by atoms with Gasteiger partial charge in [0.25, 0.3) is 5.91 Å². The van der Waals surface area contributed by atoms with Crippen LogP contribution in [0.4, 0.5) is 4.39 Å². The highest BCUT2D eigenvalue weighted by Gasteiger charge is 2.18. The van der Waals surface area contributed by atoms with Crippen LogP contribution in [-0.2, 0) is 0 Å². The van der Waals surface area contributed by atoms with Crippen LogP contribution in [0.5, 0.6) is 0 Å². The molecule has 2 rings (SSSR count). The van der Waals surface area contributed by atoms with Crippen LogP contribution in [0.1, 0.15) is 23.2 Å². The average Bonchev–Trinajstić information content (AvgIpc) is 2.91. The van der Waals surface area contributed by atoms with Crippen molar-refractivity contribution in [1.82, 2.24) is 9.80 Å². The molecule has 104 valence electrons. The third-order valence-corrected chi connectivity index (χ3v) is 4.28. The van der Waals surface area contributed by atoms with Gasteiger partial charge in [-0.05, 0) is 54.0 Å². The number of nitrogens with zero attached hydrogens (tertiary/aromatic N) is 2. The second kappa shape index (κ2) is 6.48. The van der Waals surface area contributed by atoms with Crippen LogP contribution in [-0.4, -0.2) is 48.9 Å². The minimum Gasteiger partial charge on any atom is -0.340 e. The fraction of sp³-hybridized carbons (Fsp3) is 0.500. The number of benzene rings is 1. The number of halogens is 2. The van der Waals surface area contributed by atoms with Crippen molar-refractivity contribution in [2.45, 2.75) is 12.8 Å². The van der Waals surface area contributed by atoms with Crippen LogP contribution in [0.2, 0.25) is 0 Å². The summed E-state index contributed by atoms with van der Waals surface area (Å²) in [7, 11) is 1.76. The normalized spacial score (nSPS) is 15.7. The molecule has 0 spiro atoms. The number of likely N-dealkylation sites (N-methyl/N-ethyl adjacent to an activating group) is 1. The third-order valence-electron chi connectivity index (χ3n) is 3.48. The van der Waals surface area contributed by atoms with Crippen LogP contribution < -0.4 is 0 Å². The van der Waals surface area contributed by atoms with Crippen molar-refractivity contribution in [2.75, 3.05) is 33.2 Å². The van der Waals surface area contributed by atoms with Crippen molar-refractivity contribution in [3.05, 3.63) is 34.1 Å². The second-order valence-electron chi connectivity index (χ2n) is 4.88. The topological polar surface area (TPSA) is 23.6 Å². The molecule has 0 N–H and O–H groups in total. The lowest BCUT2D eigenvalue weighted by molar-refractivity contribution is 0.0781. The number of amides is 1. The van der Waals surface area contributed by atoms with Crippen molar-refractivity contribution >= 4 is 21.8 Å². The lowest BCUT2D eigenvalue weighted by atomic mass is 10.2. The molecule has 1 saturated heterocycles. The Balaban J connectivity index is 1.96. The fourth-order valence-corrected chi connectivity index (χ4v) is 2.71. The van der Waals surface area contributed by atoms with E-state index < -0.39 is 5.82 Å². The number of rotatable bonds is 4. The van der Waals surface area contributed by atoms with E-state index in [9.17, 15) is 9.18 Å². The molecule has 3 nitrogen and oxygen atoms in total. The van der Waals surface area contributed by atoms with Gasteiger partial charge in [0.05, 0.1) is 10.0 Å². The molecule has 0 aliphatic carbocycles. The first kappa shape index (κ1) is 14.5. The van der Waals surface area contributed by atoms with Crippen LogP contribution >= 0.6 is 15.9 Å². The van der Waals surface area contributed by atoms with E-state index in [1.54, 1.807) is 24.1 Å². The van der Waals surface area contributed by atoms with E-state index in [0.29, 0.717) is 12.1 Å². The summed E-state index contributed by atoms with van der Waals surface area (Å²) in [5.74, 6) is -0.552. The molecule has 19 heavy (non-hydrogen) atoms. The van der Waals surface area contributed by atoms with Crippen LogP contribution in [0.3, 0.4) is 0 Å².